The summed E-state index contributed by atoms with van der Waals surface area (Å²) < 4.78 is 6.00. The number of amides is 1. The fourth-order valence-electron chi connectivity index (χ4n) is 2.42. The molecule has 1 heterocycles. The maximum absolute atomic E-state index is 12.7. The fourth-order valence-corrected chi connectivity index (χ4v) is 2.84. The molecule has 0 aromatic heterocycles. The van der Waals surface area contributed by atoms with Gasteiger partial charge in [-0.1, -0.05) is 0 Å². The molecule has 1 fully saturated rings. The van der Waals surface area contributed by atoms with Crippen LogP contribution < -0.4 is 10.1 Å². The van der Waals surface area contributed by atoms with Crippen molar-refractivity contribution in [3.8, 4) is 5.75 Å². The molecule has 4 nitrogen and oxygen atoms in total. The molecular formula is C14H19BrN2O2. The molecule has 0 spiro atoms. The van der Waals surface area contributed by atoms with Crippen molar-refractivity contribution in [2.45, 2.75) is 19.4 Å². The molecular weight excluding hydrogens is 308 g/mol. The van der Waals surface area contributed by atoms with Gasteiger partial charge in [-0.3, -0.25) is 4.79 Å². The average molecular weight is 327 g/mol. The number of benzene rings is 1. The highest BCUT2D eigenvalue weighted by Crippen LogP contribution is 2.25. The van der Waals surface area contributed by atoms with E-state index in [2.05, 4.69) is 21.2 Å². The van der Waals surface area contributed by atoms with Gasteiger partial charge in [-0.05, 0) is 54.0 Å². The zero-order valence-electron chi connectivity index (χ0n) is 11.3. The lowest BCUT2D eigenvalue weighted by Gasteiger charge is -2.27. The van der Waals surface area contributed by atoms with Crippen molar-refractivity contribution in [2.24, 2.45) is 0 Å². The molecule has 1 aromatic carbocycles. The van der Waals surface area contributed by atoms with E-state index in [1.807, 2.05) is 24.0 Å². The number of methoxy groups -OCH3 is 1. The normalized spacial score (nSPS) is 18.4. The van der Waals surface area contributed by atoms with Crippen molar-refractivity contribution in [3.63, 3.8) is 0 Å². The number of carbonyl (C=O) groups is 1. The number of nitrogens with one attached hydrogen (secondary N) is 1. The van der Waals surface area contributed by atoms with E-state index in [1.54, 1.807) is 13.2 Å². The molecule has 0 radical (unpaired) electrons. The van der Waals surface area contributed by atoms with Gasteiger partial charge in [0.15, 0.2) is 0 Å². The second-order valence-corrected chi connectivity index (χ2v) is 5.44. The lowest BCUT2D eigenvalue weighted by Crippen LogP contribution is -2.41. The highest BCUT2D eigenvalue weighted by atomic mass is 79.9. The summed E-state index contributed by atoms with van der Waals surface area (Å²) in [5.41, 5.74) is 0.660. The van der Waals surface area contributed by atoms with E-state index in [-0.39, 0.29) is 11.9 Å². The zero-order chi connectivity index (χ0) is 13.8. The summed E-state index contributed by atoms with van der Waals surface area (Å²) in [6.45, 7) is 4.59. The van der Waals surface area contributed by atoms with Gasteiger partial charge >= 0.3 is 0 Å². The predicted molar refractivity (Wildman–Crippen MR) is 78.7 cm³/mol. The molecule has 1 aromatic rings. The smallest absolute Gasteiger partial charge is 0.255 e. The summed E-state index contributed by atoms with van der Waals surface area (Å²) in [4.78, 5) is 14.6. The van der Waals surface area contributed by atoms with Crippen LogP contribution >= 0.6 is 15.9 Å². The maximum atomic E-state index is 12.7. The van der Waals surface area contributed by atoms with Crippen LogP contribution in [0.25, 0.3) is 0 Å². The molecule has 1 unspecified atom stereocenters. The minimum absolute atomic E-state index is 0.0574. The largest absolute Gasteiger partial charge is 0.497 e. The number of hydrogen-bond donors (Lipinski definition) is 1. The monoisotopic (exact) mass is 326 g/mol. The van der Waals surface area contributed by atoms with E-state index < -0.39 is 0 Å². The van der Waals surface area contributed by atoms with Gasteiger partial charge in [0.25, 0.3) is 5.91 Å². The average Bonchev–Trinajstić information content (AvgIpc) is 2.94. The number of ether oxygens (including phenoxy) is 1. The minimum atomic E-state index is 0.0574. The highest BCUT2D eigenvalue weighted by Gasteiger charge is 2.27. The van der Waals surface area contributed by atoms with Gasteiger partial charge in [-0.25, -0.2) is 0 Å². The predicted octanol–water partition coefficient (Wildman–Crippen LogP) is 2.28. The Morgan fingerprint density at radius 2 is 2.37 bits per heavy atom. The summed E-state index contributed by atoms with van der Waals surface area (Å²) in [5.74, 6) is 0.758. The van der Waals surface area contributed by atoms with Crippen molar-refractivity contribution < 1.29 is 9.53 Å². The molecule has 5 heteroatoms. The molecule has 0 aliphatic carbocycles. The molecule has 1 atom stereocenters. The number of rotatable bonds is 4. The number of hydrogen-bond acceptors (Lipinski definition) is 3. The Balaban J connectivity index is 2.25. The van der Waals surface area contributed by atoms with Crippen LogP contribution in [0.5, 0.6) is 5.75 Å². The lowest BCUT2D eigenvalue weighted by molar-refractivity contribution is 0.0702. The first-order valence-electron chi connectivity index (χ1n) is 6.52. The van der Waals surface area contributed by atoms with Crippen molar-refractivity contribution in [1.82, 2.24) is 10.2 Å². The first kappa shape index (κ1) is 14.3. The minimum Gasteiger partial charge on any atom is -0.497 e. The summed E-state index contributed by atoms with van der Waals surface area (Å²) in [5, 5.41) is 3.30. The van der Waals surface area contributed by atoms with Crippen LogP contribution in [0.3, 0.4) is 0 Å². The Hall–Kier alpha value is -1.07. The van der Waals surface area contributed by atoms with Crippen molar-refractivity contribution in [3.05, 3.63) is 28.2 Å². The molecule has 0 bridgehead atoms. The number of halogens is 1. The quantitative estimate of drug-likeness (QED) is 0.923. The number of likely N-dealkylation sites (N-methyl/N-ethyl adjacent to an activating group) is 1. The lowest BCUT2D eigenvalue weighted by atomic mass is 10.1. The van der Waals surface area contributed by atoms with Crippen LogP contribution in [0.15, 0.2) is 22.7 Å². The SMILES string of the molecule is CCN(C(=O)c1cc(OC)ccc1Br)C1CCNC1. The van der Waals surface area contributed by atoms with Gasteiger partial charge in [0.1, 0.15) is 5.75 Å². The second kappa shape index (κ2) is 6.39. The Labute approximate surface area is 122 Å². The molecule has 0 saturated carbocycles. The van der Waals surface area contributed by atoms with Crippen LogP contribution in [-0.2, 0) is 0 Å². The standard InChI is InChI=1S/C14H19BrN2O2/c1-3-17(10-6-7-16-9-10)14(18)12-8-11(19-2)4-5-13(12)15/h4-5,8,10,16H,3,6-7,9H2,1-2H3. The van der Waals surface area contributed by atoms with E-state index in [4.69, 9.17) is 4.74 Å². The maximum Gasteiger partial charge on any atom is 0.255 e. The van der Waals surface area contributed by atoms with E-state index >= 15 is 0 Å². The van der Waals surface area contributed by atoms with Crippen molar-refractivity contribution in [1.29, 1.82) is 0 Å². The Morgan fingerprint density at radius 1 is 1.58 bits per heavy atom. The van der Waals surface area contributed by atoms with Crippen LogP contribution in [0.4, 0.5) is 0 Å². The molecule has 1 amide bonds. The van der Waals surface area contributed by atoms with Gasteiger partial charge in [0.2, 0.25) is 0 Å². The van der Waals surface area contributed by atoms with Gasteiger partial charge in [-0.2, -0.15) is 0 Å². The topological polar surface area (TPSA) is 41.6 Å². The van der Waals surface area contributed by atoms with E-state index in [0.29, 0.717) is 11.3 Å². The third-order valence-electron chi connectivity index (χ3n) is 3.48. The Morgan fingerprint density at radius 3 is 2.95 bits per heavy atom. The molecule has 1 aliphatic heterocycles. The van der Waals surface area contributed by atoms with Gasteiger partial charge in [0, 0.05) is 23.6 Å². The molecule has 1 N–H and O–H groups in total. The first-order valence-corrected chi connectivity index (χ1v) is 7.32. The van der Waals surface area contributed by atoms with Crippen LogP contribution in [0.2, 0.25) is 0 Å². The first-order chi connectivity index (χ1) is 9.17. The number of nitrogens with zero attached hydrogens (tertiary/aromatic N) is 1. The van der Waals surface area contributed by atoms with Crippen LogP contribution in [-0.4, -0.2) is 43.6 Å². The van der Waals surface area contributed by atoms with E-state index in [0.717, 1.165) is 30.5 Å². The fraction of sp³-hybridized carbons (Fsp3) is 0.500. The van der Waals surface area contributed by atoms with Crippen LogP contribution in [0.1, 0.15) is 23.7 Å². The van der Waals surface area contributed by atoms with Gasteiger partial charge in [-0.15, -0.1) is 0 Å². The second-order valence-electron chi connectivity index (χ2n) is 4.58. The third kappa shape index (κ3) is 3.09. The number of carbonyl (C=O) groups excluding carboxylic acids is 1. The van der Waals surface area contributed by atoms with Crippen LogP contribution in [0, 0.1) is 0 Å². The van der Waals surface area contributed by atoms with E-state index in [9.17, 15) is 4.79 Å². The summed E-state index contributed by atoms with van der Waals surface area (Å²) in [6.07, 6.45) is 1.02. The Kier molecular flexibility index (Phi) is 4.82. The van der Waals surface area contributed by atoms with Crippen molar-refractivity contribution in [2.75, 3.05) is 26.7 Å². The van der Waals surface area contributed by atoms with E-state index in [1.165, 1.54) is 0 Å². The van der Waals surface area contributed by atoms with Gasteiger partial charge < -0.3 is 15.0 Å². The summed E-state index contributed by atoms with van der Waals surface area (Å²) in [7, 11) is 1.61. The molecule has 1 aliphatic rings. The molecule has 104 valence electrons. The highest BCUT2D eigenvalue weighted by molar-refractivity contribution is 9.10. The zero-order valence-corrected chi connectivity index (χ0v) is 12.9. The summed E-state index contributed by atoms with van der Waals surface area (Å²) in [6, 6.07) is 5.77. The molecule has 2 rings (SSSR count). The molecule has 1 saturated heterocycles. The molecule has 19 heavy (non-hydrogen) atoms. The Bertz CT molecular complexity index is 459. The van der Waals surface area contributed by atoms with Crippen molar-refractivity contribution >= 4 is 21.8 Å². The van der Waals surface area contributed by atoms with Gasteiger partial charge in [0.05, 0.1) is 12.7 Å². The third-order valence-corrected chi connectivity index (χ3v) is 4.17. The summed E-state index contributed by atoms with van der Waals surface area (Å²) >= 11 is 3.45.